The number of nitrogens with one attached hydrogen (secondary N) is 1. The lowest BCUT2D eigenvalue weighted by atomic mass is 9.97. The van der Waals surface area contributed by atoms with Crippen molar-refractivity contribution in [3.05, 3.63) is 65.7 Å². The maximum atomic E-state index is 12.1. The standard InChI is InChI=1S/C23H24N2O3/c26-22(24-15-18-14-19-4-1-2-5-21(19)28-16-18)12-9-17-7-10-20(11-8-17)25-13-3-6-23(25)27/h1-2,4-5,7-12,18H,3,6,13-16H2,(H,24,26)/b12-9+. The normalized spacial score (nSPS) is 18.8. The molecule has 1 N–H and O–H groups in total. The number of hydrogen-bond acceptors (Lipinski definition) is 3. The largest absolute Gasteiger partial charge is 0.493 e. The van der Waals surface area contributed by atoms with E-state index in [0.717, 1.165) is 36.4 Å². The zero-order chi connectivity index (χ0) is 19.3. The number of carbonyl (C=O) groups is 2. The van der Waals surface area contributed by atoms with Gasteiger partial charge in [-0.15, -0.1) is 0 Å². The number of rotatable bonds is 5. The third-order valence-corrected chi connectivity index (χ3v) is 5.23. The number of ether oxygens (including phenoxy) is 1. The Hall–Kier alpha value is -3.08. The number of anilines is 1. The number of para-hydroxylation sites is 1. The van der Waals surface area contributed by atoms with E-state index in [1.807, 2.05) is 47.4 Å². The molecule has 0 aliphatic carbocycles. The molecule has 0 saturated carbocycles. The van der Waals surface area contributed by atoms with Gasteiger partial charge in [-0.1, -0.05) is 30.3 Å². The van der Waals surface area contributed by atoms with Crippen LogP contribution in [0.2, 0.25) is 0 Å². The fourth-order valence-corrected chi connectivity index (χ4v) is 3.68. The molecule has 4 rings (SSSR count). The predicted octanol–water partition coefficient (Wildman–Crippen LogP) is 3.19. The van der Waals surface area contributed by atoms with Gasteiger partial charge < -0.3 is 15.0 Å². The molecule has 2 aromatic rings. The van der Waals surface area contributed by atoms with Crippen LogP contribution in [0.25, 0.3) is 6.08 Å². The molecule has 2 heterocycles. The van der Waals surface area contributed by atoms with Crippen molar-refractivity contribution in [3.63, 3.8) is 0 Å². The molecule has 1 saturated heterocycles. The van der Waals surface area contributed by atoms with E-state index in [0.29, 0.717) is 19.6 Å². The van der Waals surface area contributed by atoms with Crippen molar-refractivity contribution in [2.45, 2.75) is 19.3 Å². The summed E-state index contributed by atoms with van der Waals surface area (Å²) in [5, 5.41) is 2.96. The fourth-order valence-electron chi connectivity index (χ4n) is 3.68. The summed E-state index contributed by atoms with van der Waals surface area (Å²) in [6.45, 7) is 2.00. The van der Waals surface area contributed by atoms with E-state index < -0.39 is 0 Å². The molecule has 1 unspecified atom stereocenters. The summed E-state index contributed by atoms with van der Waals surface area (Å²) in [5.74, 6) is 1.29. The van der Waals surface area contributed by atoms with Crippen LogP contribution in [0, 0.1) is 5.92 Å². The van der Waals surface area contributed by atoms with E-state index in [-0.39, 0.29) is 17.7 Å². The Morgan fingerprint density at radius 2 is 2.00 bits per heavy atom. The minimum absolute atomic E-state index is 0.113. The van der Waals surface area contributed by atoms with Crippen molar-refractivity contribution < 1.29 is 14.3 Å². The Morgan fingerprint density at radius 1 is 1.18 bits per heavy atom. The van der Waals surface area contributed by atoms with Crippen molar-refractivity contribution in [2.75, 3.05) is 24.6 Å². The van der Waals surface area contributed by atoms with Crippen LogP contribution in [0.4, 0.5) is 5.69 Å². The summed E-state index contributed by atoms with van der Waals surface area (Å²) in [7, 11) is 0. The minimum atomic E-state index is -0.113. The SMILES string of the molecule is O=C(/C=C/c1ccc(N2CCCC2=O)cc1)NCC1COc2ccccc2C1. The predicted molar refractivity (Wildman–Crippen MR) is 109 cm³/mol. The number of carbonyl (C=O) groups excluding carboxylic acids is 2. The van der Waals surface area contributed by atoms with Crippen LogP contribution in [-0.4, -0.2) is 31.5 Å². The number of nitrogens with zero attached hydrogens (tertiary/aromatic N) is 1. The number of hydrogen-bond donors (Lipinski definition) is 1. The van der Waals surface area contributed by atoms with Gasteiger partial charge in [0.1, 0.15) is 5.75 Å². The third-order valence-electron chi connectivity index (χ3n) is 5.23. The second-order valence-electron chi connectivity index (χ2n) is 7.31. The van der Waals surface area contributed by atoms with E-state index in [1.165, 1.54) is 5.56 Å². The topological polar surface area (TPSA) is 58.6 Å². The Balaban J connectivity index is 1.27. The highest BCUT2D eigenvalue weighted by Gasteiger charge is 2.21. The van der Waals surface area contributed by atoms with E-state index in [1.54, 1.807) is 12.2 Å². The highest BCUT2D eigenvalue weighted by Crippen LogP contribution is 2.26. The van der Waals surface area contributed by atoms with Crippen LogP contribution in [0.5, 0.6) is 5.75 Å². The molecular formula is C23H24N2O3. The zero-order valence-corrected chi connectivity index (χ0v) is 15.8. The van der Waals surface area contributed by atoms with E-state index in [2.05, 4.69) is 11.4 Å². The third kappa shape index (κ3) is 4.25. The Labute approximate surface area is 165 Å². The van der Waals surface area contributed by atoms with Crippen molar-refractivity contribution in [3.8, 4) is 5.75 Å². The number of fused-ring (bicyclic) bond motifs is 1. The van der Waals surface area contributed by atoms with Gasteiger partial charge in [0.2, 0.25) is 11.8 Å². The quantitative estimate of drug-likeness (QED) is 0.816. The molecular weight excluding hydrogens is 352 g/mol. The molecule has 5 heteroatoms. The van der Waals surface area contributed by atoms with Gasteiger partial charge in [0.05, 0.1) is 6.61 Å². The van der Waals surface area contributed by atoms with Gasteiger partial charge in [0.15, 0.2) is 0 Å². The van der Waals surface area contributed by atoms with Crippen LogP contribution in [0.3, 0.4) is 0 Å². The lowest BCUT2D eigenvalue weighted by molar-refractivity contribution is -0.117. The highest BCUT2D eigenvalue weighted by atomic mass is 16.5. The van der Waals surface area contributed by atoms with Gasteiger partial charge in [-0.3, -0.25) is 9.59 Å². The van der Waals surface area contributed by atoms with Crippen molar-refractivity contribution >= 4 is 23.6 Å². The molecule has 0 radical (unpaired) electrons. The average molecular weight is 376 g/mol. The lowest BCUT2D eigenvalue weighted by Gasteiger charge is -2.25. The number of benzene rings is 2. The Kier molecular flexibility index (Phi) is 5.42. The molecule has 28 heavy (non-hydrogen) atoms. The lowest BCUT2D eigenvalue weighted by Crippen LogP contribution is -2.33. The van der Waals surface area contributed by atoms with Crippen LogP contribution in [0.15, 0.2) is 54.6 Å². The molecule has 2 amide bonds. The molecule has 2 aromatic carbocycles. The van der Waals surface area contributed by atoms with Gasteiger partial charge in [-0.25, -0.2) is 0 Å². The summed E-state index contributed by atoms with van der Waals surface area (Å²) in [6, 6.07) is 15.8. The molecule has 1 fully saturated rings. The molecule has 5 nitrogen and oxygen atoms in total. The summed E-state index contributed by atoms with van der Waals surface area (Å²) in [4.78, 5) is 25.7. The molecule has 0 bridgehead atoms. The Bertz CT molecular complexity index is 889. The average Bonchev–Trinajstić information content (AvgIpc) is 3.17. The summed E-state index contributed by atoms with van der Waals surface area (Å²) in [5.41, 5.74) is 3.04. The van der Waals surface area contributed by atoms with E-state index in [4.69, 9.17) is 4.74 Å². The highest BCUT2D eigenvalue weighted by molar-refractivity contribution is 5.95. The van der Waals surface area contributed by atoms with E-state index >= 15 is 0 Å². The molecule has 0 aromatic heterocycles. The van der Waals surface area contributed by atoms with Crippen molar-refractivity contribution in [1.29, 1.82) is 0 Å². The number of amides is 2. The van der Waals surface area contributed by atoms with Crippen LogP contribution in [0.1, 0.15) is 24.0 Å². The van der Waals surface area contributed by atoms with Gasteiger partial charge in [-0.05, 0) is 48.2 Å². The van der Waals surface area contributed by atoms with Crippen molar-refractivity contribution in [1.82, 2.24) is 5.32 Å². The van der Waals surface area contributed by atoms with Gasteiger partial charge in [-0.2, -0.15) is 0 Å². The van der Waals surface area contributed by atoms with Crippen LogP contribution >= 0.6 is 0 Å². The van der Waals surface area contributed by atoms with Crippen molar-refractivity contribution in [2.24, 2.45) is 5.92 Å². The zero-order valence-electron chi connectivity index (χ0n) is 15.8. The summed E-state index contributed by atoms with van der Waals surface area (Å²) in [6.07, 6.45) is 5.79. The molecule has 2 aliphatic heterocycles. The van der Waals surface area contributed by atoms with Crippen LogP contribution < -0.4 is 15.0 Å². The van der Waals surface area contributed by atoms with Gasteiger partial charge in [0, 0.05) is 37.2 Å². The maximum Gasteiger partial charge on any atom is 0.244 e. The summed E-state index contributed by atoms with van der Waals surface area (Å²) >= 11 is 0. The monoisotopic (exact) mass is 376 g/mol. The minimum Gasteiger partial charge on any atom is -0.493 e. The summed E-state index contributed by atoms with van der Waals surface area (Å²) < 4.78 is 5.76. The molecule has 2 aliphatic rings. The first-order valence-electron chi connectivity index (χ1n) is 9.76. The van der Waals surface area contributed by atoms with Crippen LogP contribution in [-0.2, 0) is 16.0 Å². The van der Waals surface area contributed by atoms with Gasteiger partial charge in [0.25, 0.3) is 0 Å². The maximum absolute atomic E-state index is 12.1. The first-order valence-corrected chi connectivity index (χ1v) is 9.76. The molecule has 1 atom stereocenters. The fraction of sp³-hybridized carbons (Fsp3) is 0.304. The molecule has 0 spiro atoms. The first kappa shape index (κ1) is 18.3. The second kappa shape index (κ2) is 8.30. The second-order valence-corrected chi connectivity index (χ2v) is 7.31. The first-order chi connectivity index (χ1) is 13.7. The Morgan fingerprint density at radius 3 is 2.79 bits per heavy atom. The molecule has 144 valence electrons. The van der Waals surface area contributed by atoms with E-state index in [9.17, 15) is 9.59 Å². The van der Waals surface area contributed by atoms with Gasteiger partial charge >= 0.3 is 0 Å². The smallest absolute Gasteiger partial charge is 0.244 e.